The van der Waals surface area contributed by atoms with Crippen LogP contribution in [0, 0.1) is 17.3 Å². The van der Waals surface area contributed by atoms with Gasteiger partial charge >= 0.3 is 0 Å². The SMILES string of the molecule is C[C@@H]1CC(=O)C[C@H]2CC[C@@]3(COC(C)(C)O3)[C@]21C. The molecule has 3 fully saturated rings. The van der Waals surface area contributed by atoms with Gasteiger partial charge in [-0.3, -0.25) is 4.79 Å². The lowest BCUT2D eigenvalue weighted by Gasteiger charge is -2.49. The maximum Gasteiger partial charge on any atom is 0.163 e. The van der Waals surface area contributed by atoms with Crippen LogP contribution >= 0.6 is 0 Å². The first kappa shape index (κ1) is 12.6. The summed E-state index contributed by atoms with van der Waals surface area (Å²) in [7, 11) is 0. The van der Waals surface area contributed by atoms with Crippen LogP contribution in [0.1, 0.15) is 53.4 Å². The summed E-state index contributed by atoms with van der Waals surface area (Å²) >= 11 is 0. The predicted molar refractivity (Wildman–Crippen MR) is 68.1 cm³/mol. The van der Waals surface area contributed by atoms with Crippen LogP contribution in [0.3, 0.4) is 0 Å². The van der Waals surface area contributed by atoms with E-state index < -0.39 is 5.79 Å². The van der Waals surface area contributed by atoms with E-state index in [9.17, 15) is 4.79 Å². The van der Waals surface area contributed by atoms with Gasteiger partial charge in [0.15, 0.2) is 5.79 Å². The van der Waals surface area contributed by atoms with Crippen molar-refractivity contribution >= 4 is 5.78 Å². The van der Waals surface area contributed by atoms with Gasteiger partial charge < -0.3 is 9.47 Å². The van der Waals surface area contributed by atoms with Crippen LogP contribution in [0.4, 0.5) is 0 Å². The lowest BCUT2D eigenvalue weighted by atomic mass is 9.58. The van der Waals surface area contributed by atoms with E-state index in [1.165, 1.54) is 0 Å². The summed E-state index contributed by atoms with van der Waals surface area (Å²) in [6, 6.07) is 0. The Labute approximate surface area is 109 Å². The van der Waals surface area contributed by atoms with E-state index in [1.54, 1.807) is 0 Å². The van der Waals surface area contributed by atoms with Crippen molar-refractivity contribution < 1.29 is 14.3 Å². The van der Waals surface area contributed by atoms with Crippen molar-refractivity contribution in [1.29, 1.82) is 0 Å². The minimum absolute atomic E-state index is 0.0919. The van der Waals surface area contributed by atoms with Crippen LogP contribution in [0.2, 0.25) is 0 Å². The first-order chi connectivity index (χ1) is 8.29. The largest absolute Gasteiger partial charge is 0.347 e. The fourth-order valence-electron chi connectivity index (χ4n) is 4.63. The molecule has 0 unspecified atom stereocenters. The minimum Gasteiger partial charge on any atom is -0.347 e. The van der Waals surface area contributed by atoms with Crippen LogP contribution in [0.25, 0.3) is 0 Å². The van der Waals surface area contributed by atoms with Crippen molar-refractivity contribution in [3.8, 4) is 0 Å². The van der Waals surface area contributed by atoms with Crippen LogP contribution < -0.4 is 0 Å². The standard InChI is InChI=1S/C15H24O3/c1-10-7-12(16)8-11-5-6-15(14(10,11)4)9-17-13(2,3)18-15/h10-11H,5-9H2,1-4H3/t10-,11-,14+,15-/m1/s1. The second-order valence-electron chi connectivity index (χ2n) is 7.15. The van der Waals surface area contributed by atoms with Gasteiger partial charge in [-0.2, -0.15) is 0 Å². The molecule has 2 aliphatic carbocycles. The normalized spacial score (nSPS) is 50.8. The van der Waals surface area contributed by atoms with Crippen molar-refractivity contribution in [2.75, 3.05) is 6.61 Å². The van der Waals surface area contributed by atoms with Gasteiger partial charge in [0, 0.05) is 18.3 Å². The van der Waals surface area contributed by atoms with Gasteiger partial charge in [-0.05, 0) is 38.5 Å². The summed E-state index contributed by atoms with van der Waals surface area (Å²) in [5.74, 6) is 0.828. The molecule has 3 rings (SSSR count). The van der Waals surface area contributed by atoms with Crippen LogP contribution in [0.15, 0.2) is 0 Å². The molecule has 3 heteroatoms. The summed E-state index contributed by atoms with van der Waals surface area (Å²) in [4.78, 5) is 11.8. The molecule has 3 nitrogen and oxygen atoms in total. The zero-order valence-corrected chi connectivity index (χ0v) is 11.9. The Kier molecular flexibility index (Phi) is 2.50. The van der Waals surface area contributed by atoms with Crippen molar-refractivity contribution in [2.24, 2.45) is 17.3 Å². The van der Waals surface area contributed by atoms with Crippen molar-refractivity contribution in [3.63, 3.8) is 0 Å². The Morgan fingerprint density at radius 2 is 1.94 bits per heavy atom. The Morgan fingerprint density at radius 3 is 2.56 bits per heavy atom. The number of hydrogen-bond acceptors (Lipinski definition) is 3. The third-order valence-electron chi connectivity index (χ3n) is 5.85. The second-order valence-corrected chi connectivity index (χ2v) is 7.15. The van der Waals surface area contributed by atoms with E-state index in [-0.39, 0.29) is 11.0 Å². The molecule has 102 valence electrons. The molecule has 1 saturated heterocycles. The molecule has 1 aliphatic heterocycles. The number of fused-ring (bicyclic) bond motifs is 2. The summed E-state index contributed by atoms with van der Waals surface area (Å²) in [6.07, 6.45) is 3.59. The summed E-state index contributed by atoms with van der Waals surface area (Å²) in [5.41, 5.74) is -0.0734. The smallest absolute Gasteiger partial charge is 0.163 e. The molecule has 0 radical (unpaired) electrons. The predicted octanol–water partition coefficient (Wildman–Crippen LogP) is 2.92. The van der Waals surface area contributed by atoms with E-state index >= 15 is 0 Å². The van der Waals surface area contributed by atoms with Gasteiger partial charge in [-0.15, -0.1) is 0 Å². The quantitative estimate of drug-likeness (QED) is 0.665. The highest BCUT2D eigenvalue weighted by Crippen LogP contribution is 2.63. The molecular formula is C15H24O3. The monoisotopic (exact) mass is 252 g/mol. The van der Waals surface area contributed by atoms with Gasteiger partial charge in [0.1, 0.15) is 11.4 Å². The molecular weight excluding hydrogens is 228 g/mol. The molecule has 1 heterocycles. The highest BCUT2D eigenvalue weighted by atomic mass is 16.8. The average Bonchev–Trinajstić information content (AvgIpc) is 2.71. The number of carbonyl (C=O) groups excluding carboxylic acids is 1. The molecule has 3 aliphatic rings. The van der Waals surface area contributed by atoms with Crippen LogP contribution in [0.5, 0.6) is 0 Å². The molecule has 2 saturated carbocycles. The Bertz CT molecular complexity index is 389. The lowest BCUT2D eigenvalue weighted by Crippen LogP contribution is -2.54. The number of hydrogen-bond donors (Lipinski definition) is 0. The molecule has 0 N–H and O–H groups in total. The number of rotatable bonds is 0. The maximum atomic E-state index is 11.8. The zero-order chi connectivity index (χ0) is 13.2. The molecule has 18 heavy (non-hydrogen) atoms. The van der Waals surface area contributed by atoms with Gasteiger partial charge in [-0.25, -0.2) is 0 Å². The second kappa shape index (κ2) is 3.57. The van der Waals surface area contributed by atoms with Gasteiger partial charge in [0.05, 0.1) is 6.61 Å². The molecule has 1 spiro atoms. The van der Waals surface area contributed by atoms with E-state index in [2.05, 4.69) is 13.8 Å². The summed E-state index contributed by atoms with van der Waals surface area (Å²) in [5, 5.41) is 0. The molecule has 4 atom stereocenters. The van der Waals surface area contributed by atoms with E-state index in [0.29, 0.717) is 30.6 Å². The van der Waals surface area contributed by atoms with Crippen molar-refractivity contribution in [2.45, 2.75) is 64.8 Å². The fourth-order valence-corrected chi connectivity index (χ4v) is 4.63. The van der Waals surface area contributed by atoms with Crippen molar-refractivity contribution in [3.05, 3.63) is 0 Å². The van der Waals surface area contributed by atoms with Crippen LogP contribution in [-0.2, 0) is 14.3 Å². The minimum atomic E-state index is -0.473. The third-order valence-corrected chi connectivity index (χ3v) is 5.85. The zero-order valence-electron chi connectivity index (χ0n) is 11.9. The Morgan fingerprint density at radius 1 is 1.22 bits per heavy atom. The van der Waals surface area contributed by atoms with Crippen molar-refractivity contribution in [1.82, 2.24) is 0 Å². The molecule has 0 bridgehead atoms. The van der Waals surface area contributed by atoms with Gasteiger partial charge in [0.2, 0.25) is 0 Å². The average molecular weight is 252 g/mol. The van der Waals surface area contributed by atoms with Gasteiger partial charge in [0.25, 0.3) is 0 Å². The number of ether oxygens (including phenoxy) is 2. The Balaban J connectivity index is 1.97. The fraction of sp³-hybridized carbons (Fsp3) is 0.933. The van der Waals surface area contributed by atoms with Crippen LogP contribution in [-0.4, -0.2) is 23.8 Å². The van der Waals surface area contributed by atoms with E-state index in [1.807, 2.05) is 13.8 Å². The van der Waals surface area contributed by atoms with E-state index in [4.69, 9.17) is 9.47 Å². The Hall–Kier alpha value is -0.410. The number of carbonyl (C=O) groups is 1. The summed E-state index contributed by atoms with van der Waals surface area (Å²) in [6.45, 7) is 9.22. The third kappa shape index (κ3) is 1.47. The highest BCUT2D eigenvalue weighted by molar-refractivity contribution is 5.80. The molecule has 0 aromatic rings. The van der Waals surface area contributed by atoms with Gasteiger partial charge in [-0.1, -0.05) is 13.8 Å². The first-order valence-electron chi connectivity index (χ1n) is 7.15. The lowest BCUT2D eigenvalue weighted by molar-refractivity contribution is -0.197. The molecule has 0 aromatic carbocycles. The summed E-state index contributed by atoms with van der Waals surface area (Å²) < 4.78 is 12.2. The molecule has 0 aromatic heterocycles. The highest BCUT2D eigenvalue weighted by Gasteiger charge is 2.66. The number of ketones is 1. The molecule has 0 amide bonds. The first-order valence-corrected chi connectivity index (χ1v) is 7.15. The number of Topliss-reactive ketones (excluding diaryl/α,β-unsaturated/α-hetero) is 1. The topological polar surface area (TPSA) is 35.5 Å². The maximum absolute atomic E-state index is 11.8. The van der Waals surface area contributed by atoms with E-state index in [0.717, 1.165) is 19.3 Å².